The minimum Gasteiger partial charge on any atom is -0.376 e. The molecule has 22 heavy (non-hydrogen) atoms. The van der Waals surface area contributed by atoms with Gasteiger partial charge in [0.25, 0.3) is 5.91 Å². The first-order valence-electron chi connectivity index (χ1n) is 6.44. The summed E-state index contributed by atoms with van der Waals surface area (Å²) in [5.74, 6) is -2.46. The number of hydrogen-bond donors (Lipinski definition) is 1. The maximum absolute atomic E-state index is 13.7. The normalized spacial score (nSPS) is 10.4. The van der Waals surface area contributed by atoms with E-state index in [4.69, 9.17) is 11.6 Å². The Bertz CT molecular complexity index is 707. The van der Waals surface area contributed by atoms with E-state index < -0.39 is 23.1 Å². The van der Waals surface area contributed by atoms with Gasteiger partial charge in [-0.1, -0.05) is 11.6 Å². The Morgan fingerprint density at radius 2 is 2.05 bits per heavy atom. The largest absolute Gasteiger partial charge is 0.376 e. The molecule has 0 saturated carbocycles. The molecule has 1 aromatic heterocycles. The first-order valence-corrected chi connectivity index (χ1v) is 6.82. The lowest BCUT2D eigenvalue weighted by atomic mass is 10.2. The summed E-state index contributed by atoms with van der Waals surface area (Å²) in [5.41, 5.74) is 1.05. The molecule has 0 radical (unpaired) electrons. The Kier molecular flexibility index (Phi) is 4.92. The summed E-state index contributed by atoms with van der Waals surface area (Å²) in [6.45, 7) is 0.0941. The zero-order valence-corrected chi connectivity index (χ0v) is 12.8. The number of anilines is 1. The van der Waals surface area contributed by atoms with Crippen LogP contribution in [0.2, 0.25) is 5.02 Å². The van der Waals surface area contributed by atoms with Gasteiger partial charge in [0, 0.05) is 20.3 Å². The minimum absolute atomic E-state index is 0.0941. The average Bonchev–Trinajstić information content (AvgIpc) is 2.48. The van der Waals surface area contributed by atoms with Gasteiger partial charge in [-0.05, 0) is 24.3 Å². The molecular formula is C15H14ClF2N3O. The second-order valence-electron chi connectivity index (χ2n) is 4.79. The van der Waals surface area contributed by atoms with E-state index in [1.165, 1.54) is 0 Å². The number of halogens is 3. The topological polar surface area (TPSA) is 45.2 Å². The number of rotatable bonds is 4. The van der Waals surface area contributed by atoms with Gasteiger partial charge < -0.3 is 10.2 Å². The van der Waals surface area contributed by atoms with Crippen molar-refractivity contribution < 1.29 is 13.6 Å². The summed E-state index contributed by atoms with van der Waals surface area (Å²) in [7, 11) is 3.69. The summed E-state index contributed by atoms with van der Waals surface area (Å²) < 4.78 is 27.0. The minimum atomic E-state index is -0.877. The second kappa shape index (κ2) is 6.70. The van der Waals surface area contributed by atoms with Gasteiger partial charge in [0.2, 0.25) is 0 Å². The number of hydrogen-bond acceptors (Lipinski definition) is 3. The number of nitrogens with zero attached hydrogens (tertiary/aromatic N) is 2. The summed E-state index contributed by atoms with van der Waals surface area (Å²) in [6.07, 6.45) is 1.59. The molecule has 116 valence electrons. The van der Waals surface area contributed by atoms with Gasteiger partial charge >= 0.3 is 0 Å². The fourth-order valence-corrected chi connectivity index (χ4v) is 2.08. The summed E-state index contributed by atoms with van der Waals surface area (Å²) in [5, 5.41) is 2.15. The van der Waals surface area contributed by atoms with Crippen LogP contribution in [0.1, 0.15) is 16.1 Å². The summed E-state index contributed by atoms with van der Waals surface area (Å²) >= 11 is 5.46. The number of nitrogens with one attached hydrogen (secondary N) is 1. The number of pyridine rings is 1. The molecule has 0 spiro atoms. The van der Waals surface area contributed by atoms with Crippen molar-refractivity contribution >= 4 is 23.2 Å². The smallest absolute Gasteiger partial charge is 0.254 e. The van der Waals surface area contributed by atoms with Crippen LogP contribution in [-0.2, 0) is 6.54 Å². The first kappa shape index (κ1) is 16.2. The van der Waals surface area contributed by atoms with Crippen molar-refractivity contribution in [2.24, 2.45) is 0 Å². The average molecular weight is 326 g/mol. The van der Waals surface area contributed by atoms with Gasteiger partial charge in [-0.2, -0.15) is 0 Å². The molecule has 1 heterocycles. The van der Waals surface area contributed by atoms with Crippen LogP contribution in [0.15, 0.2) is 30.5 Å². The van der Waals surface area contributed by atoms with E-state index in [9.17, 15) is 13.6 Å². The molecule has 0 aliphatic rings. The van der Waals surface area contributed by atoms with E-state index in [2.05, 4.69) is 10.3 Å². The van der Waals surface area contributed by atoms with Crippen molar-refractivity contribution in [1.29, 1.82) is 0 Å². The Hall–Kier alpha value is -2.21. The van der Waals surface area contributed by atoms with E-state index in [0.29, 0.717) is 5.69 Å². The molecule has 1 amide bonds. The van der Waals surface area contributed by atoms with E-state index in [1.54, 1.807) is 12.3 Å². The molecule has 2 aromatic rings. The molecule has 0 atom stereocenters. The lowest BCUT2D eigenvalue weighted by Gasteiger charge is -2.16. The highest BCUT2D eigenvalue weighted by Crippen LogP contribution is 2.20. The standard InChI is InChI=1S/C15H14ClF2N3O/c1-21(2)14-4-3-5-19-13(14)8-20-15(22)9-6-12(18)10(16)7-11(9)17/h3-7H,8H2,1-2H3,(H,20,22). The van der Waals surface area contributed by atoms with Crippen LogP contribution < -0.4 is 10.2 Å². The highest BCUT2D eigenvalue weighted by atomic mass is 35.5. The lowest BCUT2D eigenvalue weighted by molar-refractivity contribution is 0.0946. The third kappa shape index (κ3) is 3.51. The molecule has 0 aliphatic heterocycles. The number of aromatic nitrogens is 1. The Morgan fingerprint density at radius 3 is 2.73 bits per heavy atom. The van der Waals surface area contributed by atoms with Gasteiger partial charge in [0.15, 0.2) is 0 Å². The maximum atomic E-state index is 13.7. The van der Waals surface area contributed by atoms with E-state index in [-0.39, 0.29) is 11.6 Å². The van der Waals surface area contributed by atoms with E-state index in [1.807, 2.05) is 25.1 Å². The number of carbonyl (C=O) groups excluding carboxylic acids is 1. The van der Waals surface area contributed by atoms with Crippen LogP contribution in [0.4, 0.5) is 14.5 Å². The van der Waals surface area contributed by atoms with Gasteiger partial charge in [-0.15, -0.1) is 0 Å². The van der Waals surface area contributed by atoms with Gasteiger partial charge in [-0.3, -0.25) is 9.78 Å². The number of benzene rings is 1. The molecule has 2 rings (SSSR count). The zero-order chi connectivity index (χ0) is 16.3. The fraction of sp³-hybridized carbons (Fsp3) is 0.200. The monoisotopic (exact) mass is 325 g/mol. The van der Waals surface area contributed by atoms with E-state index in [0.717, 1.165) is 17.8 Å². The highest BCUT2D eigenvalue weighted by molar-refractivity contribution is 6.30. The first-order chi connectivity index (χ1) is 10.4. The quantitative estimate of drug-likeness (QED) is 0.879. The lowest BCUT2D eigenvalue weighted by Crippen LogP contribution is -2.26. The van der Waals surface area contributed by atoms with Gasteiger partial charge in [-0.25, -0.2) is 8.78 Å². The molecule has 7 heteroatoms. The second-order valence-corrected chi connectivity index (χ2v) is 5.20. The van der Waals surface area contributed by atoms with Crippen molar-refractivity contribution in [1.82, 2.24) is 10.3 Å². The van der Waals surface area contributed by atoms with Crippen LogP contribution in [0.25, 0.3) is 0 Å². The van der Waals surface area contributed by atoms with Crippen LogP contribution >= 0.6 is 11.6 Å². The maximum Gasteiger partial charge on any atom is 0.254 e. The predicted octanol–water partition coefficient (Wildman–Crippen LogP) is 3.01. The van der Waals surface area contributed by atoms with E-state index >= 15 is 0 Å². The van der Waals surface area contributed by atoms with Crippen molar-refractivity contribution in [3.05, 3.63) is 58.4 Å². The molecule has 0 bridgehead atoms. The third-order valence-corrected chi connectivity index (χ3v) is 3.31. The zero-order valence-electron chi connectivity index (χ0n) is 12.0. The fourth-order valence-electron chi connectivity index (χ4n) is 1.93. The molecule has 1 N–H and O–H groups in total. The van der Waals surface area contributed by atoms with Crippen LogP contribution in [0.5, 0.6) is 0 Å². The highest BCUT2D eigenvalue weighted by Gasteiger charge is 2.16. The third-order valence-electron chi connectivity index (χ3n) is 3.02. The molecule has 0 unspecified atom stereocenters. The summed E-state index contributed by atoms with van der Waals surface area (Å²) in [6, 6.07) is 5.17. The van der Waals surface area contributed by atoms with Gasteiger partial charge in [0.05, 0.1) is 28.5 Å². The molecule has 0 fully saturated rings. The molecule has 4 nitrogen and oxygen atoms in total. The van der Waals surface area contributed by atoms with Crippen molar-refractivity contribution in [2.45, 2.75) is 6.54 Å². The summed E-state index contributed by atoms with van der Waals surface area (Å²) in [4.78, 5) is 18.0. The predicted molar refractivity (Wildman–Crippen MR) is 81.1 cm³/mol. The van der Waals surface area contributed by atoms with Crippen LogP contribution in [-0.4, -0.2) is 25.0 Å². The number of carbonyl (C=O) groups is 1. The van der Waals surface area contributed by atoms with Crippen molar-refractivity contribution in [3.8, 4) is 0 Å². The Morgan fingerprint density at radius 1 is 1.32 bits per heavy atom. The molecule has 0 aliphatic carbocycles. The Balaban J connectivity index is 2.16. The van der Waals surface area contributed by atoms with Gasteiger partial charge in [0.1, 0.15) is 11.6 Å². The number of amides is 1. The SMILES string of the molecule is CN(C)c1cccnc1CNC(=O)c1cc(F)c(Cl)cc1F. The van der Waals surface area contributed by atoms with Crippen LogP contribution in [0.3, 0.4) is 0 Å². The van der Waals surface area contributed by atoms with Crippen molar-refractivity contribution in [3.63, 3.8) is 0 Å². The molecule has 0 saturated heterocycles. The Labute approximate surface area is 131 Å². The van der Waals surface area contributed by atoms with Crippen LogP contribution in [0, 0.1) is 11.6 Å². The molecule has 1 aromatic carbocycles. The molecular weight excluding hydrogens is 312 g/mol. The van der Waals surface area contributed by atoms with Crippen molar-refractivity contribution in [2.75, 3.05) is 19.0 Å².